The third-order valence-electron chi connectivity index (χ3n) is 1.24. The van der Waals surface area contributed by atoms with E-state index in [1.165, 1.54) is 12.1 Å². The first-order valence-corrected chi connectivity index (χ1v) is 3.93. The molecule has 2 N–H and O–H groups in total. The zero-order valence-electron chi connectivity index (χ0n) is 7.52. The third kappa shape index (κ3) is 3.83. The molecule has 0 amide bonds. The summed E-state index contributed by atoms with van der Waals surface area (Å²) in [5.74, 6) is 0. The number of hydrogen-bond acceptors (Lipinski definition) is 1. The lowest BCUT2D eigenvalue weighted by atomic mass is 10.2. The first kappa shape index (κ1) is 11.8. The second kappa shape index (κ2) is 4.74. The fraction of sp³-hybridized carbons (Fsp3) is 0.333. The van der Waals surface area contributed by atoms with Gasteiger partial charge in [-0.05, 0) is 24.3 Å². The van der Waals surface area contributed by atoms with Crippen LogP contribution in [-0.2, 0) is 6.18 Å². The summed E-state index contributed by atoms with van der Waals surface area (Å²) in [6.07, 6.45) is -4.27. The van der Waals surface area contributed by atoms with Gasteiger partial charge in [-0.3, -0.25) is 0 Å². The van der Waals surface area contributed by atoms with Crippen molar-refractivity contribution < 1.29 is 13.2 Å². The first-order valence-electron chi connectivity index (χ1n) is 3.93. The van der Waals surface area contributed by atoms with Crippen LogP contribution in [-0.4, -0.2) is 0 Å². The van der Waals surface area contributed by atoms with Crippen molar-refractivity contribution in [2.24, 2.45) is 0 Å². The minimum Gasteiger partial charge on any atom is -0.399 e. The van der Waals surface area contributed by atoms with Crippen molar-refractivity contribution in [2.45, 2.75) is 20.0 Å². The van der Waals surface area contributed by atoms with Crippen LogP contribution in [0.1, 0.15) is 19.4 Å². The van der Waals surface area contributed by atoms with Crippen molar-refractivity contribution in [2.75, 3.05) is 5.73 Å². The Morgan fingerprint density at radius 1 is 1.00 bits per heavy atom. The second-order valence-electron chi connectivity index (χ2n) is 2.12. The maximum absolute atomic E-state index is 11.9. The lowest BCUT2D eigenvalue weighted by Gasteiger charge is -2.05. The molecule has 0 unspecified atom stereocenters. The monoisotopic (exact) mass is 191 g/mol. The van der Waals surface area contributed by atoms with Crippen molar-refractivity contribution in [3.05, 3.63) is 29.8 Å². The van der Waals surface area contributed by atoms with E-state index in [0.717, 1.165) is 12.1 Å². The van der Waals surface area contributed by atoms with Crippen LogP contribution in [0.3, 0.4) is 0 Å². The molecular weight excluding hydrogens is 179 g/mol. The van der Waals surface area contributed by atoms with E-state index in [4.69, 9.17) is 5.73 Å². The molecule has 0 aliphatic carbocycles. The zero-order chi connectivity index (χ0) is 10.5. The Balaban J connectivity index is 0.000000671. The van der Waals surface area contributed by atoms with Crippen LogP contribution in [0, 0.1) is 0 Å². The summed E-state index contributed by atoms with van der Waals surface area (Å²) in [6.45, 7) is 4.00. The molecule has 0 fully saturated rings. The molecule has 1 rings (SSSR count). The summed E-state index contributed by atoms with van der Waals surface area (Å²) in [5.41, 5.74) is 4.86. The quantitative estimate of drug-likeness (QED) is 0.625. The molecule has 13 heavy (non-hydrogen) atoms. The topological polar surface area (TPSA) is 26.0 Å². The molecule has 74 valence electrons. The summed E-state index contributed by atoms with van der Waals surface area (Å²) in [5, 5.41) is 0. The van der Waals surface area contributed by atoms with Crippen LogP contribution < -0.4 is 5.73 Å². The number of halogens is 3. The van der Waals surface area contributed by atoms with Crippen LogP contribution >= 0.6 is 0 Å². The lowest BCUT2D eigenvalue weighted by molar-refractivity contribution is -0.137. The van der Waals surface area contributed by atoms with Crippen molar-refractivity contribution in [1.29, 1.82) is 0 Å². The van der Waals surface area contributed by atoms with Gasteiger partial charge in [0, 0.05) is 5.69 Å². The predicted octanol–water partition coefficient (Wildman–Crippen LogP) is 3.31. The number of hydrogen-bond donors (Lipinski definition) is 1. The summed E-state index contributed by atoms with van der Waals surface area (Å²) < 4.78 is 35.6. The van der Waals surface area contributed by atoms with Gasteiger partial charge in [0.25, 0.3) is 0 Å². The van der Waals surface area contributed by atoms with Gasteiger partial charge in [-0.1, -0.05) is 13.8 Å². The largest absolute Gasteiger partial charge is 0.416 e. The summed E-state index contributed by atoms with van der Waals surface area (Å²) >= 11 is 0. The molecule has 0 saturated carbocycles. The zero-order valence-corrected chi connectivity index (χ0v) is 7.52. The summed E-state index contributed by atoms with van der Waals surface area (Å²) in [4.78, 5) is 0. The highest BCUT2D eigenvalue weighted by Crippen LogP contribution is 2.29. The Labute approximate surface area is 75.4 Å². The van der Waals surface area contributed by atoms with Gasteiger partial charge in [0.05, 0.1) is 5.56 Å². The van der Waals surface area contributed by atoms with E-state index in [-0.39, 0.29) is 0 Å². The molecule has 0 aliphatic heterocycles. The number of anilines is 1. The van der Waals surface area contributed by atoms with E-state index in [1.54, 1.807) is 0 Å². The Hall–Kier alpha value is -1.19. The number of nitrogens with two attached hydrogens (primary N) is 1. The van der Waals surface area contributed by atoms with Crippen LogP contribution in [0.25, 0.3) is 0 Å². The number of rotatable bonds is 0. The van der Waals surface area contributed by atoms with Gasteiger partial charge in [0.1, 0.15) is 0 Å². The van der Waals surface area contributed by atoms with E-state index in [1.807, 2.05) is 13.8 Å². The number of benzene rings is 1. The fourth-order valence-corrected chi connectivity index (χ4v) is 0.672. The minimum absolute atomic E-state index is 0.331. The minimum atomic E-state index is -4.27. The molecule has 4 heteroatoms. The predicted molar refractivity (Wildman–Crippen MR) is 47.2 cm³/mol. The fourth-order valence-electron chi connectivity index (χ4n) is 0.672. The molecule has 1 aromatic rings. The van der Waals surface area contributed by atoms with Gasteiger partial charge in [0.15, 0.2) is 0 Å². The van der Waals surface area contributed by atoms with Gasteiger partial charge >= 0.3 is 6.18 Å². The van der Waals surface area contributed by atoms with E-state index in [0.29, 0.717) is 5.69 Å². The maximum Gasteiger partial charge on any atom is 0.416 e. The first-order chi connectivity index (χ1) is 6.00. The summed E-state index contributed by atoms with van der Waals surface area (Å²) in [7, 11) is 0. The smallest absolute Gasteiger partial charge is 0.399 e. The highest BCUT2D eigenvalue weighted by Gasteiger charge is 2.29. The van der Waals surface area contributed by atoms with E-state index in [2.05, 4.69) is 0 Å². The highest BCUT2D eigenvalue weighted by molar-refractivity contribution is 5.39. The van der Waals surface area contributed by atoms with E-state index < -0.39 is 11.7 Å². The van der Waals surface area contributed by atoms with Gasteiger partial charge in [-0.15, -0.1) is 0 Å². The Morgan fingerprint density at radius 3 is 1.69 bits per heavy atom. The molecule has 0 aromatic heterocycles. The number of nitrogen functional groups attached to an aromatic ring is 1. The van der Waals surface area contributed by atoms with Crippen LogP contribution in [0.2, 0.25) is 0 Å². The normalized spacial score (nSPS) is 10.2. The van der Waals surface area contributed by atoms with Crippen molar-refractivity contribution in [1.82, 2.24) is 0 Å². The van der Waals surface area contributed by atoms with Crippen molar-refractivity contribution >= 4 is 5.69 Å². The SMILES string of the molecule is CC.Nc1ccc(C(F)(F)F)cc1. The molecule has 0 heterocycles. The maximum atomic E-state index is 11.9. The van der Waals surface area contributed by atoms with Gasteiger partial charge in [-0.25, -0.2) is 0 Å². The summed E-state index contributed by atoms with van der Waals surface area (Å²) in [6, 6.07) is 4.36. The van der Waals surface area contributed by atoms with Gasteiger partial charge in [-0.2, -0.15) is 13.2 Å². The van der Waals surface area contributed by atoms with E-state index >= 15 is 0 Å². The Bertz CT molecular complexity index is 238. The molecule has 1 aromatic carbocycles. The molecule has 0 aliphatic rings. The van der Waals surface area contributed by atoms with Gasteiger partial charge in [0.2, 0.25) is 0 Å². The average Bonchev–Trinajstić information content (AvgIpc) is 2.07. The van der Waals surface area contributed by atoms with Gasteiger partial charge < -0.3 is 5.73 Å². The highest BCUT2D eigenvalue weighted by atomic mass is 19.4. The van der Waals surface area contributed by atoms with Crippen molar-refractivity contribution in [3.8, 4) is 0 Å². The average molecular weight is 191 g/mol. The molecule has 0 spiro atoms. The standard InChI is InChI=1S/C7H6F3N.C2H6/c8-7(9,10)5-1-3-6(11)4-2-5;1-2/h1-4H,11H2;1-2H3. The molecule has 0 atom stereocenters. The molecule has 1 nitrogen and oxygen atoms in total. The van der Waals surface area contributed by atoms with Crippen LogP contribution in [0.15, 0.2) is 24.3 Å². The lowest BCUT2D eigenvalue weighted by Crippen LogP contribution is -2.04. The molecule has 0 radical (unpaired) electrons. The molecule has 0 saturated heterocycles. The van der Waals surface area contributed by atoms with Crippen molar-refractivity contribution in [3.63, 3.8) is 0 Å². The Kier molecular flexibility index (Phi) is 4.31. The second-order valence-corrected chi connectivity index (χ2v) is 2.12. The molecule has 0 bridgehead atoms. The van der Waals surface area contributed by atoms with E-state index in [9.17, 15) is 13.2 Å². The van der Waals surface area contributed by atoms with Crippen LogP contribution in [0.4, 0.5) is 18.9 Å². The molecular formula is C9H12F3N. The Morgan fingerprint density at radius 2 is 1.38 bits per heavy atom. The number of alkyl halides is 3. The van der Waals surface area contributed by atoms with Crippen LogP contribution in [0.5, 0.6) is 0 Å². The third-order valence-corrected chi connectivity index (χ3v) is 1.24.